The van der Waals surface area contributed by atoms with Crippen LogP contribution in [0, 0.1) is 0 Å². The van der Waals surface area contributed by atoms with Gasteiger partial charge in [0.1, 0.15) is 11.5 Å². The summed E-state index contributed by atoms with van der Waals surface area (Å²) >= 11 is 0. The van der Waals surface area contributed by atoms with Gasteiger partial charge in [-0.2, -0.15) is 0 Å². The van der Waals surface area contributed by atoms with Crippen molar-refractivity contribution < 1.29 is 4.42 Å². The average Bonchev–Trinajstić information content (AvgIpc) is 3.19. The van der Waals surface area contributed by atoms with Crippen molar-refractivity contribution in [3.05, 3.63) is 103 Å². The Labute approximate surface area is 177 Å². The summed E-state index contributed by atoms with van der Waals surface area (Å²) in [6, 6.07) is 35.8. The van der Waals surface area contributed by atoms with E-state index in [9.17, 15) is 0 Å². The van der Waals surface area contributed by atoms with E-state index < -0.39 is 0 Å². The highest BCUT2D eigenvalue weighted by Crippen LogP contribution is 2.46. The number of hydrogen-bond donors (Lipinski definition) is 0. The number of benzene rings is 4. The molecule has 2 nitrogen and oxygen atoms in total. The van der Waals surface area contributed by atoms with Crippen LogP contribution in [0.4, 0.5) is 5.69 Å². The second-order valence-corrected chi connectivity index (χ2v) is 7.63. The Morgan fingerprint density at radius 1 is 0.533 bits per heavy atom. The standard InChI is InChI=1S/C28H23NO/c1-29(2)25-19-11-18-22(20-12-5-3-6-13-20)26(25)28-24-17-10-9-16-23(24)27(30-28)21-14-7-4-8-15-21/h3-19H,1-2H3. The fraction of sp³-hybridized carbons (Fsp3) is 0.0714. The number of nitrogens with zero attached hydrogens (tertiary/aromatic N) is 1. The van der Waals surface area contributed by atoms with Gasteiger partial charge in [0.25, 0.3) is 0 Å². The fourth-order valence-electron chi connectivity index (χ4n) is 4.09. The Bertz CT molecular complexity index is 1300. The normalized spacial score (nSPS) is 11.0. The molecule has 0 saturated carbocycles. The summed E-state index contributed by atoms with van der Waals surface area (Å²) in [4.78, 5) is 2.15. The highest BCUT2D eigenvalue weighted by Gasteiger charge is 2.22. The quantitative estimate of drug-likeness (QED) is 0.316. The molecule has 0 unspecified atom stereocenters. The third-order valence-electron chi connectivity index (χ3n) is 5.49. The maximum atomic E-state index is 6.66. The minimum Gasteiger partial charge on any atom is -0.455 e. The van der Waals surface area contributed by atoms with Gasteiger partial charge >= 0.3 is 0 Å². The van der Waals surface area contributed by atoms with Gasteiger partial charge < -0.3 is 9.32 Å². The Morgan fingerprint density at radius 2 is 1.10 bits per heavy atom. The molecule has 0 fully saturated rings. The molecule has 0 N–H and O–H groups in total. The molecule has 146 valence electrons. The number of furan rings is 1. The summed E-state index contributed by atoms with van der Waals surface area (Å²) in [7, 11) is 4.16. The third kappa shape index (κ3) is 3.07. The number of rotatable bonds is 4. The smallest absolute Gasteiger partial charge is 0.145 e. The van der Waals surface area contributed by atoms with E-state index in [2.05, 4.69) is 116 Å². The van der Waals surface area contributed by atoms with Crippen LogP contribution < -0.4 is 4.90 Å². The lowest BCUT2D eigenvalue weighted by Gasteiger charge is -2.20. The van der Waals surface area contributed by atoms with Crippen molar-refractivity contribution in [2.45, 2.75) is 0 Å². The summed E-state index contributed by atoms with van der Waals surface area (Å²) in [6.07, 6.45) is 0. The molecule has 0 aliphatic heterocycles. The Morgan fingerprint density at radius 3 is 1.73 bits per heavy atom. The van der Waals surface area contributed by atoms with Crippen LogP contribution in [0.15, 0.2) is 108 Å². The van der Waals surface area contributed by atoms with E-state index in [0.29, 0.717) is 0 Å². The Balaban J connectivity index is 1.86. The summed E-state index contributed by atoms with van der Waals surface area (Å²) < 4.78 is 6.66. The molecule has 0 saturated heterocycles. The van der Waals surface area contributed by atoms with Gasteiger partial charge in [-0.3, -0.25) is 0 Å². The molecular formula is C28H23NO. The Hall–Kier alpha value is -3.78. The van der Waals surface area contributed by atoms with Crippen LogP contribution in [-0.4, -0.2) is 14.1 Å². The van der Waals surface area contributed by atoms with Crippen LogP contribution in [0.3, 0.4) is 0 Å². The zero-order valence-corrected chi connectivity index (χ0v) is 17.2. The molecule has 2 heteroatoms. The van der Waals surface area contributed by atoms with Gasteiger partial charge in [-0.1, -0.05) is 97.1 Å². The zero-order chi connectivity index (χ0) is 20.5. The molecule has 0 aliphatic carbocycles. The van der Waals surface area contributed by atoms with Gasteiger partial charge in [-0.15, -0.1) is 0 Å². The summed E-state index contributed by atoms with van der Waals surface area (Å²) in [5.74, 6) is 1.82. The van der Waals surface area contributed by atoms with Crippen molar-refractivity contribution in [2.24, 2.45) is 0 Å². The van der Waals surface area contributed by atoms with Crippen molar-refractivity contribution in [3.63, 3.8) is 0 Å². The van der Waals surface area contributed by atoms with Gasteiger partial charge in [0.05, 0.1) is 0 Å². The Kier molecular flexibility index (Phi) is 4.61. The van der Waals surface area contributed by atoms with E-state index in [1.54, 1.807) is 0 Å². The van der Waals surface area contributed by atoms with Crippen molar-refractivity contribution in [2.75, 3.05) is 19.0 Å². The van der Waals surface area contributed by atoms with E-state index in [1.165, 1.54) is 11.1 Å². The molecule has 0 aliphatic rings. The highest BCUT2D eigenvalue weighted by atomic mass is 16.3. The van der Waals surface area contributed by atoms with Gasteiger partial charge in [-0.25, -0.2) is 0 Å². The SMILES string of the molecule is CN(C)c1cccc(-c2ccccc2)c1-c1oc(-c2ccccc2)c2ccccc12. The maximum absolute atomic E-state index is 6.66. The van der Waals surface area contributed by atoms with Gasteiger partial charge in [-0.05, 0) is 17.2 Å². The van der Waals surface area contributed by atoms with E-state index in [1.807, 2.05) is 6.07 Å². The predicted octanol–water partition coefficient (Wildman–Crippen LogP) is 7.50. The monoisotopic (exact) mass is 389 g/mol. The molecule has 0 bridgehead atoms. The molecule has 0 radical (unpaired) electrons. The van der Waals surface area contributed by atoms with Gasteiger partial charge in [0.2, 0.25) is 0 Å². The van der Waals surface area contributed by atoms with Crippen molar-refractivity contribution >= 4 is 16.5 Å². The topological polar surface area (TPSA) is 16.4 Å². The maximum Gasteiger partial charge on any atom is 0.145 e. The number of hydrogen-bond acceptors (Lipinski definition) is 2. The van der Waals surface area contributed by atoms with Crippen LogP contribution in [-0.2, 0) is 0 Å². The van der Waals surface area contributed by atoms with Crippen LogP contribution in [0.25, 0.3) is 44.5 Å². The first-order valence-corrected chi connectivity index (χ1v) is 10.2. The van der Waals surface area contributed by atoms with Crippen LogP contribution >= 0.6 is 0 Å². The van der Waals surface area contributed by atoms with E-state index in [-0.39, 0.29) is 0 Å². The van der Waals surface area contributed by atoms with Gasteiger partial charge in [0.15, 0.2) is 0 Å². The zero-order valence-electron chi connectivity index (χ0n) is 17.2. The van der Waals surface area contributed by atoms with Crippen LogP contribution in [0.5, 0.6) is 0 Å². The third-order valence-corrected chi connectivity index (χ3v) is 5.49. The van der Waals surface area contributed by atoms with E-state index >= 15 is 0 Å². The lowest BCUT2D eigenvalue weighted by molar-refractivity contribution is 0.602. The molecule has 0 atom stereocenters. The summed E-state index contributed by atoms with van der Waals surface area (Å²) in [5.41, 5.74) is 5.69. The summed E-state index contributed by atoms with van der Waals surface area (Å²) in [5, 5.41) is 2.26. The minimum atomic E-state index is 0.910. The first-order chi connectivity index (χ1) is 14.7. The fourth-order valence-corrected chi connectivity index (χ4v) is 4.09. The van der Waals surface area contributed by atoms with Crippen molar-refractivity contribution in [1.82, 2.24) is 0 Å². The number of anilines is 1. The molecular weight excluding hydrogens is 366 g/mol. The van der Waals surface area contributed by atoms with Gasteiger partial charge in [0, 0.05) is 41.7 Å². The largest absolute Gasteiger partial charge is 0.455 e. The second-order valence-electron chi connectivity index (χ2n) is 7.63. The molecule has 1 heterocycles. The molecule has 5 aromatic rings. The van der Waals surface area contributed by atoms with Crippen molar-refractivity contribution in [3.8, 4) is 33.8 Å². The lowest BCUT2D eigenvalue weighted by Crippen LogP contribution is -2.10. The van der Waals surface area contributed by atoms with E-state index in [4.69, 9.17) is 4.42 Å². The molecule has 5 rings (SSSR count). The molecule has 1 aromatic heterocycles. The van der Waals surface area contributed by atoms with Crippen LogP contribution in [0.1, 0.15) is 0 Å². The molecule has 0 amide bonds. The number of fused-ring (bicyclic) bond motifs is 1. The first-order valence-electron chi connectivity index (χ1n) is 10.2. The highest BCUT2D eigenvalue weighted by molar-refractivity contribution is 6.07. The lowest BCUT2D eigenvalue weighted by atomic mass is 9.94. The second kappa shape index (κ2) is 7.57. The molecule has 4 aromatic carbocycles. The predicted molar refractivity (Wildman–Crippen MR) is 127 cm³/mol. The molecule has 0 spiro atoms. The average molecular weight is 389 g/mol. The minimum absolute atomic E-state index is 0.910. The van der Waals surface area contributed by atoms with Crippen molar-refractivity contribution in [1.29, 1.82) is 0 Å². The molecule has 30 heavy (non-hydrogen) atoms. The van der Waals surface area contributed by atoms with E-state index in [0.717, 1.165) is 39.1 Å². The van der Waals surface area contributed by atoms with Crippen LogP contribution in [0.2, 0.25) is 0 Å². The summed E-state index contributed by atoms with van der Waals surface area (Å²) in [6.45, 7) is 0. The first kappa shape index (κ1) is 18.3.